The summed E-state index contributed by atoms with van der Waals surface area (Å²) in [6, 6.07) is 0. The molecule has 0 saturated carbocycles. The van der Waals surface area contributed by atoms with E-state index < -0.39 is 0 Å². The molecule has 0 radical (unpaired) electrons. The maximum absolute atomic E-state index is 5.63. The van der Waals surface area contributed by atoms with Gasteiger partial charge in [0.05, 0.1) is 12.7 Å². The number of nitrogens with zero attached hydrogens (tertiary/aromatic N) is 4. The van der Waals surface area contributed by atoms with Crippen molar-refractivity contribution < 1.29 is 4.74 Å². The van der Waals surface area contributed by atoms with Crippen LogP contribution in [0.1, 0.15) is 11.7 Å². The number of morpholine rings is 1. The first kappa shape index (κ1) is 8.75. The summed E-state index contributed by atoms with van der Waals surface area (Å²) in [5, 5.41) is 7.32. The molecule has 1 unspecified atom stereocenters. The Morgan fingerprint density at radius 2 is 2.47 bits per heavy atom. The highest BCUT2D eigenvalue weighted by Crippen LogP contribution is 2.17. The lowest BCUT2D eigenvalue weighted by atomic mass is 10.2. The number of hydrogen-bond donors (Lipinski definition) is 1. The molecule has 1 N–H and O–H groups in total. The van der Waals surface area contributed by atoms with Gasteiger partial charge >= 0.3 is 0 Å². The Morgan fingerprint density at radius 3 is 3.33 bits per heavy atom. The normalized spacial score (nSPS) is 22.0. The lowest BCUT2D eigenvalue weighted by molar-refractivity contribution is 0.0272. The van der Waals surface area contributed by atoms with Crippen molar-refractivity contribution in [3.63, 3.8) is 0 Å². The van der Waals surface area contributed by atoms with Crippen LogP contribution >= 0.6 is 0 Å². The Balaban J connectivity index is 1.95. The van der Waals surface area contributed by atoms with E-state index in [4.69, 9.17) is 4.74 Å². The molecule has 1 saturated heterocycles. The molecule has 0 bridgehead atoms. The molecule has 1 atom stereocenters. The van der Waals surface area contributed by atoms with Crippen LogP contribution in [-0.2, 0) is 4.74 Å². The number of nitrogens with one attached hydrogen (secondary N) is 1. The van der Waals surface area contributed by atoms with E-state index in [1.165, 1.54) is 6.33 Å². The number of fused-ring (bicyclic) bond motifs is 1. The maximum atomic E-state index is 5.63. The number of rotatable bonds is 1. The van der Waals surface area contributed by atoms with Gasteiger partial charge in [-0.15, -0.1) is 0 Å². The summed E-state index contributed by atoms with van der Waals surface area (Å²) in [4.78, 5) is 8.19. The van der Waals surface area contributed by atoms with Gasteiger partial charge in [-0.2, -0.15) is 10.1 Å². The van der Waals surface area contributed by atoms with Gasteiger partial charge in [0.1, 0.15) is 6.33 Å². The van der Waals surface area contributed by atoms with Crippen LogP contribution in [0.5, 0.6) is 0 Å². The van der Waals surface area contributed by atoms with E-state index in [1.807, 2.05) is 6.20 Å². The molecule has 0 spiro atoms. The van der Waals surface area contributed by atoms with Crippen LogP contribution in [0, 0.1) is 0 Å². The minimum atomic E-state index is 0.0693. The predicted molar refractivity (Wildman–Crippen MR) is 52.3 cm³/mol. The summed E-state index contributed by atoms with van der Waals surface area (Å²) in [5.41, 5.74) is 1.03. The van der Waals surface area contributed by atoms with Crippen LogP contribution in [0.3, 0.4) is 0 Å². The molecule has 78 valence electrons. The lowest BCUT2D eigenvalue weighted by Crippen LogP contribution is -2.33. The fourth-order valence-corrected chi connectivity index (χ4v) is 1.68. The second kappa shape index (κ2) is 3.56. The average molecular weight is 205 g/mol. The van der Waals surface area contributed by atoms with Crippen molar-refractivity contribution >= 4 is 5.78 Å². The molecule has 6 heteroatoms. The summed E-state index contributed by atoms with van der Waals surface area (Å²) in [6.45, 7) is 2.47. The summed E-state index contributed by atoms with van der Waals surface area (Å²) in [7, 11) is 0. The van der Waals surface area contributed by atoms with Crippen molar-refractivity contribution in [2.75, 3.05) is 19.7 Å². The number of ether oxygens (including phenoxy) is 1. The lowest BCUT2D eigenvalue weighted by Gasteiger charge is -2.23. The van der Waals surface area contributed by atoms with Gasteiger partial charge in [0.2, 0.25) is 0 Å². The van der Waals surface area contributed by atoms with E-state index >= 15 is 0 Å². The second-order valence-electron chi connectivity index (χ2n) is 3.46. The van der Waals surface area contributed by atoms with E-state index in [0.717, 1.165) is 25.3 Å². The highest BCUT2D eigenvalue weighted by atomic mass is 16.5. The molecule has 1 aliphatic rings. The first-order valence-corrected chi connectivity index (χ1v) is 4.91. The summed E-state index contributed by atoms with van der Waals surface area (Å²) >= 11 is 0. The third-order valence-corrected chi connectivity index (χ3v) is 2.45. The van der Waals surface area contributed by atoms with Gasteiger partial charge in [-0.3, -0.25) is 0 Å². The minimum absolute atomic E-state index is 0.0693. The van der Waals surface area contributed by atoms with E-state index in [9.17, 15) is 0 Å². The van der Waals surface area contributed by atoms with Gasteiger partial charge in [-0.25, -0.2) is 9.50 Å². The van der Waals surface area contributed by atoms with Gasteiger partial charge in [-0.1, -0.05) is 0 Å². The van der Waals surface area contributed by atoms with Crippen molar-refractivity contribution in [1.82, 2.24) is 24.9 Å². The second-order valence-corrected chi connectivity index (χ2v) is 3.46. The van der Waals surface area contributed by atoms with E-state index in [1.54, 1.807) is 10.7 Å². The fourth-order valence-electron chi connectivity index (χ4n) is 1.68. The average Bonchev–Trinajstić information content (AvgIpc) is 2.77. The number of hydrogen-bond acceptors (Lipinski definition) is 5. The zero-order valence-electron chi connectivity index (χ0n) is 8.13. The van der Waals surface area contributed by atoms with Crippen molar-refractivity contribution in [2.45, 2.75) is 6.10 Å². The van der Waals surface area contributed by atoms with Crippen molar-refractivity contribution in [3.05, 3.63) is 24.3 Å². The molecule has 15 heavy (non-hydrogen) atoms. The van der Waals surface area contributed by atoms with E-state index in [0.29, 0.717) is 5.78 Å². The zero-order chi connectivity index (χ0) is 10.1. The van der Waals surface area contributed by atoms with Crippen LogP contribution in [0.2, 0.25) is 0 Å². The van der Waals surface area contributed by atoms with Gasteiger partial charge in [-0.05, 0) is 0 Å². The molecule has 1 aliphatic heterocycles. The fraction of sp³-hybridized carbons (Fsp3) is 0.444. The smallest absolute Gasteiger partial charge is 0.252 e. The third kappa shape index (κ3) is 1.57. The van der Waals surface area contributed by atoms with Crippen LogP contribution in [0.25, 0.3) is 5.78 Å². The molecule has 6 nitrogen and oxygen atoms in total. The first-order valence-electron chi connectivity index (χ1n) is 4.91. The standard InChI is InChI=1S/C9H11N5O/c1-2-15-8(4-10-1)7-3-11-9-12-6-13-14(9)5-7/h3,5-6,8,10H,1-2,4H2. The van der Waals surface area contributed by atoms with Crippen molar-refractivity contribution in [3.8, 4) is 0 Å². The summed E-state index contributed by atoms with van der Waals surface area (Å²) in [5.74, 6) is 0.613. The van der Waals surface area contributed by atoms with Crippen molar-refractivity contribution in [1.29, 1.82) is 0 Å². The topological polar surface area (TPSA) is 64.3 Å². The Morgan fingerprint density at radius 1 is 1.47 bits per heavy atom. The molecule has 3 heterocycles. The molecule has 0 aromatic carbocycles. The van der Waals surface area contributed by atoms with Crippen LogP contribution in [-0.4, -0.2) is 39.3 Å². The zero-order valence-corrected chi connectivity index (χ0v) is 8.13. The molecular formula is C9H11N5O. The van der Waals surface area contributed by atoms with Gasteiger partial charge in [0.25, 0.3) is 5.78 Å². The van der Waals surface area contributed by atoms with E-state index in [2.05, 4.69) is 20.4 Å². The largest absolute Gasteiger partial charge is 0.371 e. The van der Waals surface area contributed by atoms with Gasteiger partial charge in [0.15, 0.2) is 0 Å². The Bertz CT molecular complexity index is 462. The molecule has 2 aromatic heterocycles. The molecule has 2 aromatic rings. The minimum Gasteiger partial charge on any atom is -0.371 e. The SMILES string of the molecule is c1nc2ncc(C3CNCCO3)cn2n1. The Kier molecular flexibility index (Phi) is 2.08. The predicted octanol–water partition coefficient (Wildman–Crippen LogP) is -0.215. The molecule has 1 fully saturated rings. The number of aromatic nitrogens is 4. The molecule has 3 rings (SSSR count). The Labute approximate surface area is 86.3 Å². The maximum Gasteiger partial charge on any atom is 0.252 e. The summed E-state index contributed by atoms with van der Waals surface area (Å²) < 4.78 is 7.29. The van der Waals surface area contributed by atoms with Crippen molar-refractivity contribution in [2.24, 2.45) is 0 Å². The van der Waals surface area contributed by atoms with Crippen LogP contribution < -0.4 is 5.32 Å². The Hall–Kier alpha value is -1.53. The van der Waals surface area contributed by atoms with Gasteiger partial charge < -0.3 is 10.1 Å². The highest BCUT2D eigenvalue weighted by molar-refractivity contribution is 5.26. The van der Waals surface area contributed by atoms with E-state index in [-0.39, 0.29) is 6.10 Å². The monoisotopic (exact) mass is 205 g/mol. The highest BCUT2D eigenvalue weighted by Gasteiger charge is 2.16. The molecular weight excluding hydrogens is 194 g/mol. The quantitative estimate of drug-likeness (QED) is 0.697. The van der Waals surface area contributed by atoms with Crippen LogP contribution in [0.15, 0.2) is 18.7 Å². The van der Waals surface area contributed by atoms with Gasteiger partial charge in [0, 0.05) is 31.0 Å². The first-order chi connectivity index (χ1) is 7.43. The molecule has 0 aliphatic carbocycles. The third-order valence-electron chi connectivity index (χ3n) is 2.45. The molecule has 0 amide bonds. The summed E-state index contributed by atoms with van der Waals surface area (Å²) in [6.07, 6.45) is 5.26. The van der Waals surface area contributed by atoms with Crippen LogP contribution in [0.4, 0.5) is 0 Å².